The molecule has 2 heteroatoms. The van der Waals surface area contributed by atoms with E-state index in [9.17, 15) is 5.11 Å². The fourth-order valence-corrected chi connectivity index (χ4v) is 1.87. The Morgan fingerprint density at radius 3 is 2.71 bits per heavy atom. The average Bonchev–Trinajstić information content (AvgIpc) is 2.32. The fourth-order valence-electron chi connectivity index (χ4n) is 1.87. The second-order valence-corrected chi connectivity index (χ2v) is 4.33. The third kappa shape index (κ3) is 2.52. The highest BCUT2D eigenvalue weighted by atomic mass is 16.5. The number of phenols is 1. The van der Waals surface area contributed by atoms with Crippen LogP contribution in [0.25, 0.3) is 10.8 Å². The number of benzene rings is 2. The fraction of sp³-hybridized carbons (Fsp3) is 0.333. The molecular weight excluding hydrogens is 212 g/mol. The Morgan fingerprint density at radius 1 is 1.12 bits per heavy atom. The van der Waals surface area contributed by atoms with Crippen LogP contribution in [0.2, 0.25) is 0 Å². The number of hydrogen-bond acceptors (Lipinski definition) is 2. The predicted octanol–water partition coefficient (Wildman–Crippen LogP) is 4.03. The van der Waals surface area contributed by atoms with Crippen molar-refractivity contribution in [1.29, 1.82) is 0 Å². The summed E-state index contributed by atoms with van der Waals surface area (Å²) in [4.78, 5) is 0. The molecule has 0 atom stereocenters. The van der Waals surface area contributed by atoms with E-state index >= 15 is 0 Å². The van der Waals surface area contributed by atoms with E-state index in [2.05, 4.69) is 13.0 Å². The molecule has 0 heterocycles. The first kappa shape index (κ1) is 11.8. The zero-order chi connectivity index (χ0) is 12.3. The Hall–Kier alpha value is -1.70. The molecule has 90 valence electrons. The van der Waals surface area contributed by atoms with Crippen molar-refractivity contribution in [2.24, 2.45) is 0 Å². The van der Waals surface area contributed by atoms with E-state index in [0.717, 1.165) is 36.0 Å². The maximum atomic E-state index is 9.80. The Labute approximate surface area is 102 Å². The summed E-state index contributed by atoms with van der Waals surface area (Å²) >= 11 is 0. The van der Waals surface area contributed by atoms with E-state index in [1.807, 2.05) is 25.1 Å². The molecule has 0 saturated heterocycles. The minimum Gasteiger partial charge on any atom is -0.507 e. The highest BCUT2D eigenvalue weighted by Crippen LogP contribution is 2.33. The summed E-state index contributed by atoms with van der Waals surface area (Å²) in [6.07, 6.45) is 2.17. The van der Waals surface area contributed by atoms with Gasteiger partial charge in [-0.1, -0.05) is 31.0 Å². The number of unbranched alkanes of at least 4 members (excludes halogenated alkanes) is 1. The summed E-state index contributed by atoms with van der Waals surface area (Å²) in [6, 6.07) is 9.52. The van der Waals surface area contributed by atoms with Gasteiger partial charge in [0.1, 0.15) is 11.5 Å². The molecule has 0 aliphatic rings. The summed E-state index contributed by atoms with van der Waals surface area (Å²) < 4.78 is 5.76. The highest BCUT2D eigenvalue weighted by Gasteiger charge is 2.06. The lowest BCUT2D eigenvalue weighted by Crippen LogP contribution is -1.97. The molecule has 17 heavy (non-hydrogen) atoms. The molecular formula is C15H18O2. The van der Waals surface area contributed by atoms with Crippen molar-refractivity contribution in [3.63, 3.8) is 0 Å². The molecule has 0 spiro atoms. The maximum Gasteiger partial charge on any atom is 0.127 e. The molecule has 1 N–H and O–H groups in total. The van der Waals surface area contributed by atoms with Crippen LogP contribution in [0.3, 0.4) is 0 Å². The Morgan fingerprint density at radius 2 is 1.94 bits per heavy atom. The smallest absolute Gasteiger partial charge is 0.127 e. The zero-order valence-electron chi connectivity index (χ0n) is 10.4. The van der Waals surface area contributed by atoms with E-state index in [-0.39, 0.29) is 0 Å². The summed E-state index contributed by atoms with van der Waals surface area (Å²) in [5.74, 6) is 1.16. The summed E-state index contributed by atoms with van der Waals surface area (Å²) in [6.45, 7) is 4.91. The second-order valence-electron chi connectivity index (χ2n) is 4.33. The molecule has 0 bridgehead atoms. The standard InChI is InChI=1S/C15H18O2/c1-3-4-9-17-15-8-7-14(16)12-6-5-11(2)10-13(12)15/h5-8,10,16H,3-4,9H2,1-2H3. The van der Waals surface area contributed by atoms with E-state index < -0.39 is 0 Å². The van der Waals surface area contributed by atoms with Crippen molar-refractivity contribution in [2.45, 2.75) is 26.7 Å². The molecule has 0 amide bonds. The third-order valence-corrected chi connectivity index (χ3v) is 2.86. The van der Waals surface area contributed by atoms with Crippen molar-refractivity contribution in [3.8, 4) is 11.5 Å². The van der Waals surface area contributed by atoms with Crippen LogP contribution in [0.15, 0.2) is 30.3 Å². The minimum absolute atomic E-state index is 0.308. The quantitative estimate of drug-likeness (QED) is 0.803. The molecule has 2 aromatic rings. The lowest BCUT2D eigenvalue weighted by atomic mass is 10.1. The number of hydrogen-bond donors (Lipinski definition) is 1. The van der Waals surface area contributed by atoms with Gasteiger partial charge in [-0.05, 0) is 31.5 Å². The van der Waals surface area contributed by atoms with Crippen molar-refractivity contribution in [1.82, 2.24) is 0 Å². The molecule has 2 rings (SSSR count). The number of phenolic OH excluding ortho intramolecular Hbond substituents is 1. The maximum absolute atomic E-state index is 9.80. The van der Waals surface area contributed by atoms with Crippen LogP contribution in [0.1, 0.15) is 25.3 Å². The number of fused-ring (bicyclic) bond motifs is 1. The number of ether oxygens (including phenoxy) is 1. The summed E-state index contributed by atoms with van der Waals surface area (Å²) in [7, 11) is 0. The third-order valence-electron chi connectivity index (χ3n) is 2.86. The normalized spacial score (nSPS) is 10.7. The van der Waals surface area contributed by atoms with Crippen molar-refractivity contribution in [2.75, 3.05) is 6.61 Å². The molecule has 0 radical (unpaired) electrons. The van der Waals surface area contributed by atoms with Gasteiger partial charge in [0, 0.05) is 10.8 Å². The van der Waals surface area contributed by atoms with Gasteiger partial charge in [0.25, 0.3) is 0 Å². The average molecular weight is 230 g/mol. The van der Waals surface area contributed by atoms with Crippen molar-refractivity contribution in [3.05, 3.63) is 35.9 Å². The first-order valence-corrected chi connectivity index (χ1v) is 6.07. The minimum atomic E-state index is 0.308. The molecule has 0 saturated carbocycles. The van der Waals surface area contributed by atoms with E-state index in [4.69, 9.17) is 4.74 Å². The SMILES string of the molecule is CCCCOc1ccc(O)c2ccc(C)cc12. The Kier molecular flexibility index (Phi) is 3.52. The first-order valence-electron chi connectivity index (χ1n) is 6.07. The van der Waals surface area contributed by atoms with Crippen LogP contribution < -0.4 is 4.74 Å². The van der Waals surface area contributed by atoms with Gasteiger partial charge in [-0.3, -0.25) is 0 Å². The van der Waals surface area contributed by atoms with Crippen molar-refractivity contribution >= 4 is 10.8 Å². The summed E-state index contributed by atoms with van der Waals surface area (Å²) in [5, 5.41) is 11.6. The number of aryl methyl sites for hydroxylation is 1. The van der Waals surface area contributed by atoms with Crippen LogP contribution in [0.5, 0.6) is 11.5 Å². The predicted molar refractivity (Wildman–Crippen MR) is 70.8 cm³/mol. The Bertz CT molecular complexity index is 518. The lowest BCUT2D eigenvalue weighted by molar-refractivity contribution is 0.312. The highest BCUT2D eigenvalue weighted by molar-refractivity contribution is 5.93. The largest absolute Gasteiger partial charge is 0.507 e. The van der Waals surface area contributed by atoms with Crippen LogP contribution in [0, 0.1) is 6.92 Å². The van der Waals surface area contributed by atoms with Gasteiger partial charge in [-0.15, -0.1) is 0 Å². The monoisotopic (exact) mass is 230 g/mol. The van der Waals surface area contributed by atoms with E-state index in [1.165, 1.54) is 5.56 Å². The molecule has 0 aliphatic carbocycles. The van der Waals surface area contributed by atoms with Crippen molar-refractivity contribution < 1.29 is 9.84 Å². The van der Waals surface area contributed by atoms with Crippen LogP contribution in [-0.2, 0) is 0 Å². The van der Waals surface area contributed by atoms with Gasteiger partial charge in [-0.25, -0.2) is 0 Å². The van der Waals surface area contributed by atoms with E-state index in [1.54, 1.807) is 6.07 Å². The van der Waals surface area contributed by atoms with Gasteiger partial charge in [0.05, 0.1) is 6.61 Å². The second kappa shape index (κ2) is 5.09. The van der Waals surface area contributed by atoms with Gasteiger partial charge >= 0.3 is 0 Å². The zero-order valence-corrected chi connectivity index (χ0v) is 10.4. The van der Waals surface area contributed by atoms with Crippen LogP contribution >= 0.6 is 0 Å². The summed E-state index contributed by atoms with van der Waals surface area (Å²) in [5.41, 5.74) is 1.17. The molecule has 0 aromatic heterocycles. The van der Waals surface area contributed by atoms with Gasteiger partial charge in [-0.2, -0.15) is 0 Å². The molecule has 2 nitrogen and oxygen atoms in total. The van der Waals surface area contributed by atoms with Gasteiger partial charge < -0.3 is 9.84 Å². The number of aromatic hydroxyl groups is 1. The van der Waals surface area contributed by atoms with E-state index in [0.29, 0.717) is 5.75 Å². The first-order chi connectivity index (χ1) is 8.22. The molecule has 0 fully saturated rings. The lowest BCUT2D eigenvalue weighted by Gasteiger charge is -2.10. The molecule has 2 aromatic carbocycles. The van der Waals surface area contributed by atoms with Gasteiger partial charge in [0.15, 0.2) is 0 Å². The Balaban J connectivity index is 2.41. The molecule has 0 unspecified atom stereocenters. The topological polar surface area (TPSA) is 29.5 Å². The van der Waals surface area contributed by atoms with Gasteiger partial charge in [0.2, 0.25) is 0 Å². The number of rotatable bonds is 4. The van der Waals surface area contributed by atoms with Crippen LogP contribution in [0.4, 0.5) is 0 Å². The molecule has 0 aliphatic heterocycles. The van der Waals surface area contributed by atoms with Crippen LogP contribution in [-0.4, -0.2) is 11.7 Å².